The smallest absolute Gasteiger partial charge is 0.251 e. The summed E-state index contributed by atoms with van der Waals surface area (Å²) >= 11 is 18.2. The standard InChI is InChI=1S/C23H18Cl3N3O/c24-17-5-3-4-16(13-17)23(30)27-11-10-22-28-20-6-1-2-7-21(20)29(22)14-15-8-9-18(25)19(26)12-15/h1-9,12-13H,10-11,14H2,(H,27,30). The molecule has 30 heavy (non-hydrogen) atoms. The average Bonchev–Trinajstić information content (AvgIpc) is 3.08. The second-order valence-corrected chi connectivity index (χ2v) is 8.12. The van der Waals surface area contributed by atoms with Gasteiger partial charge in [-0.25, -0.2) is 4.98 Å². The largest absolute Gasteiger partial charge is 0.352 e. The van der Waals surface area contributed by atoms with Crippen LogP contribution in [0.5, 0.6) is 0 Å². The second-order valence-electron chi connectivity index (χ2n) is 6.87. The van der Waals surface area contributed by atoms with Gasteiger partial charge in [-0.2, -0.15) is 0 Å². The molecule has 0 aliphatic rings. The van der Waals surface area contributed by atoms with E-state index in [1.165, 1.54) is 0 Å². The minimum Gasteiger partial charge on any atom is -0.352 e. The number of hydrogen-bond acceptors (Lipinski definition) is 2. The van der Waals surface area contributed by atoms with Gasteiger partial charge in [-0.1, -0.05) is 59.1 Å². The molecule has 0 atom stereocenters. The van der Waals surface area contributed by atoms with Gasteiger partial charge in [0.1, 0.15) is 5.82 Å². The summed E-state index contributed by atoms with van der Waals surface area (Å²) in [4.78, 5) is 17.1. The van der Waals surface area contributed by atoms with Crippen molar-refractivity contribution < 1.29 is 4.79 Å². The van der Waals surface area contributed by atoms with Crippen molar-refractivity contribution in [3.05, 3.63) is 98.7 Å². The molecule has 0 fully saturated rings. The van der Waals surface area contributed by atoms with Crippen LogP contribution in [0.3, 0.4) is 0 Å². The lowest BCUT2D eigenvalue weighted by molar-refractivity contribution is 0.0954. The molecule has 0 bridgehead atoms. The highest BCUT2D eigenvalue weighted by Gasteiger charge is 2.13. The molecular formula is C23H18Cl3N3O. The molecule has 0 saturated carbocycles. The van der Waals surface area contributed by atoms with Crippen molar-refractivity contribution in [2.24, 2.45) is 0 Å². The Kier molecular flexibility index (Phi) is 6.28. The van der Waals surface area contributed by atoms with Crippen molar-refractivity contribution in [2.75, 3.05) is 6.54 Å². The minimum atomic E-state index is -0.162. The lowest BCUT2D eigenvalue weighted by atomic mass is 10.2. The average molecular weight is 459 g/mol. The van der Waals surface area contributed by atoms with Crippen LogP contribution in [0.25, 0.3) is 11.0 Å². The highest BCUT2D eigenvalue weighted by Crippen LogP contribution is 2.25. The number of benzene rings is 3. The fourth-order valence-electron chi connectivity index (χ4n) is 3.33. The van der Waals surface area contributed by atoms with Crippen LogP contribution >= 0.6 is 34.8 Å². The number of nitrogens with one attached hydrogen (secondary N) is 1. The third-order valence-corrected chi connectivity index (χ3v) is 5.75. The molecule has 1 aromatic heterocycles. The van der Waals surface area contributed by atoms with Crippen molar-refractivity contribution in [3.8, 4) is 0 Å². The molecule has 4 rings (SSSR count). The third kappa shape index (κ3) is 4.62. The number of para-hydroxylation sites is 2. The molecule has 0 aliphatic carbocycles. The van der Waals surface area contributed by atoms with Crippen LogP contribution in [0.2, 0.25) is 15.1 Å². The number of amides is 1. The number of nitrogens with zero attached hydrogens (tertiary/aromatic N) is 2. The van der Waals surface area contributed by atoms with Crippen molar-refractivity contribution in [3.63, 3.8) is 0 Å². The van der Waals surface area contributed by atoms with Gasteiger partial charge in [0.05, 0.1) is 21.1 Å². The molecule has 1 amide bonds. The van der Waals surface area contributed by atoms with E-state index < -0.39 is 0 Å². The molecule has 0 aliphatic heterocycles. The second kappa shape index (κ2) is 9.09. The van der Waals surface area contributed by atoms with E-state index in [4.69, 9.17) is 39.8 Å². The Labute approximate surface area is 189 Å². The zero-order valence-corrected chi connectivity index (χ0v) is 18.2. The summed E-state index contributed by atoms with van der Waals surface area (Å²) in [6.45, 7) is 1.06. The van der Waals surface area contributed by atoms with Crippen molar-refractivity contribution in [2.45, 2.75) is 13.0 Å². The first-order chi connectivity index (χ1) is 14.5. The first kappa shape index (κ1) is 20.7. The number of fused-ring (bicyclic) bond motifs is 1. The van der Waals surface area contributed by atoms with E-state index in [1.807, 2.05) is 36.4 Å². The zero-order chi connectivity index (χ0) is 21.1. The van der Waals surface area contributed by atoms with Gasteiger partial charge in [-0.15, -0.1) is 0 Å². The lowest BCUT2D eigenvalue weighted by Gasteiger charge is -2.11. The Hall–Kier alpha value is -2.53. The van der Waals surface area contributed by atoms with Crippen molar-refractivity contribution in [1.82, 2.24) is 14.9 Å². The number of halogens is 3. The summed E-state index contributed by atoms with van der Waals surface area (Å²) < 4.78 is 2.14. The van der Waals surface area contributed by atoms with E-state index in [0.717, 1.165) is 22.4 Å². The van der Waals surface area contributed by atoms with E-state index in [9.17, 15) is 4.79 Å². The summed E-state index contributed by atoms with van der Waals surface area (Å²) in [5.74, 6) is 0.721. The van der Waals surface area contributed by atoms with E-state index in [1.54, 1.807) is 30.3 Å². The van der Waals surface area contributed by atoms with Crippen molar-refractivity contribution in [1.29, 1.82) is 0 Å². The summed E-state index contributed by atoms with van der Waals surface area (Å²) in [6.07, 6.45) is 0.586. The summed E-state index contributed by atoms with van der Waals surface area (Å²) in [5.41, 5.74) is 3.50. The molecule has 4 nitrogen and oxygen atoms in total. The molecule has 0 saturated heterocycles. The molecular weight excluding hydrogens is 441 g/mol. The molecule has 0 unspecified atom stereocenters. The monoisotopic (exact) mass is 457 g/mol. The quantitative estimate of drug-likeness (QED) is 0.384. The predicted octanol–water partition coefficient (Wildman–Crippen LogP) is 6.02. The number of imidazole rings is 1. The molecule has 3 aromatic carbocycles. The van der Waals surface area contributed by atoms with E-state index in [0.29, 0.717) is 40.1 Å². The summed E-state index contributed by atoms with van der Waals surface area (Å²) in [6, 6.07) is 20.5. The van der Waals surface area contributed by atoms with Crippen LogP contribution in [-0.4, -0.2) is 22.0 Å². The summed E-state index contributed by atoms with van der Waals surface area (Å²) in [5, 5.41) is 4.52. The Morgan fingerprint density at radius 1 is 0.933 bits per heavy atom. The van der Waals surface area contributed by atoms with Crippen LogP contribution in [0, 0.1) is 0 Å². The number of hydrogen-bond donors (Lipinski definition) is 1. The predicted molar refractivity (Wildman–Crippen MR) is 123 cm³/mol. The maximum atomic E-state index is 12.4. The Morgan fingerprint density at radius 2 is 1.77 bits per heavy atom. The van der Waals surface area contributed by atoms with Crippen molar-refractivity contribution >= 4 is 51.7 Å². The number of aromatic nitrogens is 2. The minimum absolute atomic E-state index is 0.162. The van der Waals surface area contributed by atoms with Gasteiger partial charge in [0.15, 0.2) is 0 Å². The van der Waals surface area contributed by atoms with Gasteiger partial charge in [-0.3, -0.25) is 4.79 Å². The Morgan fingerprint density at radius 3 is 2.57 bits per heavy atom. The van der Waals surface area contributed by atoms with Crippen LogP contribution < -0.4 is 5.32 Å². The molecule has 152 valence electrons. The highest BCUT2D eigenvalue weighted by atomic mass is 35.5. The number of rotatable bonds is 6. The SMILES string of the molecule is O=C(NCCc1nc2ccccc2n1Cc1ccc(Cl)c(Cl)c1)c1cccc(Cl)c1. The van der Waals surface area contributed by atoms with Gasteiger partial charge >= 0.3 is 0 Å². The van der Waals surface area contributed by atoms with Crippen LogP contribution in [0.4, 0.5) is 0 Å². The van der Waals surface area contributed by atoms with E-state index in [2.05, 4.69) is 9.88 Å². The normalized spacial score (nSPS) is 11.0. The van der Waals surface area contributed by atoms with Gasteiger partial charge in [0.2, 0.25) is 0 Å². The fourth-order valence-corrected chi connectivity index (χ4v) is 3.84. The number of carbonyl (C=O) groups is 1. The van der Waals surface area contributed by atoms with Gasteiger partial charge in [-0.05, 0) is 48.0 Å². The lowest BCUT2D eigenvalue weighted by Crippen LogP contribution is -2.26. The maximum absolute atomic E-state index is 12.4. The highest BCUT2D eigenvalue weighted by molar-refractivity contribution is 6.42. The first-order valence-electron chi connectivity index (χ1n) is 9.43. The van der Waals surface area contributed by atoms with Gasteiger partial charge < -0.3 is 9.88 Å². The molecule has 0 radical (unpaired) electrons. The summed E-state index contributed by atoms with van der Waals surface area (Å²) in [7, 11) is 0. The van der Waals surface area contributed by atoms with Crippen LogP contribution in [-0.2, 0) is 13.0 Å². The molecule has 1 N–H and O–H groups in total. The molecule has 1 heterocycles. The Balaban J connectivity index is 1.54. The Bertz CT molecular complexity index is 1220. The maximum Gasteiger partial charge on any atom is 0.251 e. The molecule has 4 aromatic rings. The number of carbonyl (C=O) groups excluding carboxylic acids is 1. The van der Waals surface area contributed by atoms with Crippen LogP contribution in [0.1, 0.15) is 21.7 Å². The zero-order valence-electron chi connectivity index (χ0n) is 15.9. The van der Waals surface area contributed by atoms with E-state index >= 15 is 0 Å². The molecule has 0 spiro atoms. The van der Waals surface area contributed by atoms with Gasteiger partial charge in [0.25, 0.3) is 5.91 Å². The van der Waals surface area contributed by atoms with E-state index in [-0.39, 0.29) is 5.91 Å². The van der Waals surface area contributed by atoms with Gasteiger partial charge in [0, 0.05) is 30.1 Å². The third-order valence-electron chi connectivity index (χ3n) is 4.78. The molecule has 7 heteroatoms. The fraction of sp³-hybridized carbons (Fsp3) is 0.130. The first-order valence-corrected chi connectivity index (χ1v) is 10.6. The van der Waals surface area contributed by atoms with Crippen LogP contribution in [0.15, 0.2) is 66.7 Å². The topological polar surface area (TPSA) is 46.9 Å².